The van der Waals surface area contributed by atoms with Crippen LogP contribution in [-0.4, -0.2) is 11.5 Å². The van der Waals surface area contributed by atoms with Gasteiger partial charge in [0, 0.05) is 12.0 Å². The summed E-state index contributed by atoms with van der Waals surface area (Å²) in [6, 6.07) is 8.77. The van der Waals surface area contributed by atoms with E-state index < -0.39 is 0 Å². The van der Waals surface area contributed by atoms with E-state index in [1.165, 1.54) is 63.4 Å². The molecule has 0 amide bonds. The predicted molar refractivity (Wildman–Crippen MR) is 106 cm³/mol. The Balaban J connectivity index is 1.68. The Morgan fingerprint density at radius 1 is 0.840 bits per heavy atom. The van der Waals surface area contributed by atoms with Gasteiger partial charge in [0.05, 0.1) is 0 Å². The highest BCUT2D eigenvalue weighted by atomic mass is 16.3. The van der Waals surface area contributed by atoms with Gasteiger partial charge in [-0.05, 0) is 31.4 Å². The molecule has 3 heteroatoms. The van der Waals surface area contributed by atoms with Gasteiger partial charge in [0.2, 0.25) is 0 Å². The summed E-state index contributed by atoms with van der Waals surface area (Å²) in [6.45, 7) is 2.94. The minimum absolute atomic E-state index is 0.672. The second kappa shape index (κ2) is 11.9. The topological polar surface area (TPSA) is 52.0 Å². The molecule has 0 atom stereocenters. The standard InChI is InChI=1S/C22H34N2O/c1-2-3-4-5-6-7-8-9-11-19-13-15-20(16-14-19)21-18-25-22(24-21)12-10-17-23/h13-16,18H,2-12,17,23H2,1H3. The molecule has 0 aliphatic carbocycles. The third-order valence-corrected chi connectivity index (χ3v) is 4.72. The highest BCUT2D eigenvalue weighted by molar-refractivity contribution is 5.58. The molecule has 0 unspecified atom stereocenters. The summed E-state index contributed by atoms with van der Waals surface area (Å²) in [6.07, 6.45) is 15.6. The Kier molecular flexibility index (Phi) is 9.35. The zero-order valence-corrected chi connectivity index (χ0v) is 15.8. The van der Waals surface area contributed by atoms with Crippen molar-refractivity contribution in [3.63, 3.8) is 0 Å². The lowest BCUT2D eigenvalue weighted by Crippen LogP contribution is -2.00. The van der Waals surface area contributed by atoms with Crippen molar-refractivity contribution in [3.05, 3.63) is 42.0 Å². The third-order valence-electron chi connectivity index (χ3n) is 4.72. The maximum atomic E-state index is 5.53. The van der Waals surface area contributed by atoms with Crippen LogP contribution in [0.2, 0.25) is 0 Å². The first-order chi connectivity index (χ1) is 12.3. The Bertz CT molecular complexity index is 574. The van der Waals surface area contributed by atoms with Crippen LogP contribution in [0.15, 0.2) is 34.9 Å². The second-order valence-corrected chi connectivity index (χ2v) is 6.94. The molecule has 3 nitrogen and oxygen atoms in total. The number of aryl methyl sites for hydroxylation is 2. The first-order valence-corrected chi connectivity index (χ1v) is 10.1. The Morgan fingerprint density at radius 2 is 1.52 bits per heavy atom. The first-order valence-electron chi connectivity index (χ1n) is 10.1. The Labute approximate surface area is 153 Å². The normalized spacial score (nSPS) is 11.1. The van der Waals surface area contributed by atoms with Crippen LogP contribution >= 0.6 is 0 Å². The van der Waals surface area contributed by atoms with E-state index >= 15 is 0 Å². The summed E-state index contributed by atoms with van der Waals surface area (Å²) >= 11 is 0. The summed E-state index contributed by atoms with van der Waals surface area (Å²) in [5.74, 6) is 0.781. The molecule has 25 heavy (non-hydrogen) atoms. The molecule has 0 aliphatic heterocycles. The zero-order valence-electron chi connectivity index (χ0n) is 15.8. The average molecular weight is 343 g/mol. The molecule has 1 aromatic heterocycles. The fraction of sp³-hybridized carbons (Fsp3) is 0.591. The lowest BCUT2D eigenvalue weighted by atomic mass is 10.0. The monoisotopic (exact) mass is 342 g/mol. The fourth-order valence-electron chi connectivity index (χ4n) is 3.12. The molecular weight excluding hydrogens is 308 g/mol. The van der Waals surface area contributed by atoms with Crippen molar-refractivity contribution in [2.24, 2.45) is 5.73 Å². The highest BCUT2D eigenvalue weighted by Gasteiger charge is 2.06. The van der Waals surface area contributed by atoms with Crippen molar-refractivity contribution in [3.8, 4) is 11.3 Å². The average Bonchev–Trinajstić information content (AvgIpc) is 3.11. The summed E-state index contributed by atoms with van der Waals surface area (Å²) in [4.78, 5) is 4.54. The van der Waals surface area contributed by atoms with Gasteiger partial charge >= 0.3 is 0 Å². The highest BCUT2D eigenvalue weighted by Crippen LogP contribution is 2.20. The number of nitrogens with zero attached hydrogens (tertiary/aromatic N) is 1. The van der Waals surface area contributed by atoms with Crippen LogP contribution in [0, 0.1) is 0 Å². The molecule has 0 saturated heterocycles. The number of rotatable bonds is 13. The van der Waals surface area contributed by atoms with Crippen LogP contribution in [0.4, 0.5) is 0 Å². The summed E-state index contributed by atoms with van der Waals surface area (Å²) in [7, 11) is 0. The van der Waals surface area contributed by atoms with Crippen LogP contribution in [0.3, 0.4) is 0 Å². The lowest BCUT2D eigenvalue weighted by Gasteiger charge is -2.04. The van der Waals surface area contributed by atoms with Gasteiger partial charge < -0.3 is 10.2 Å². The number of nitrogens with two attached hydrogens (primary N) is 1. The van der Waals surface area contributed by atoms with E-state index in [4.69, 9.17) is 10.2 Å². The van der Waals surface area contributed by atoms with Crippen LogP contribution in [0.5, 0.6) is 0 Å². The number of benzene rings is 1. The molecule has 1 aromatic carbocycles. The van der Waals surface area contributed by atoms with E-state index in [-0.39, 0.29) is 0 Å². The van der Waals surface area contributed by atoms with Crippen LogP contribution in [0.25, 0.3) is 11.3 Å². The zero-order chi connectivity index (χ0) is 17.7. The minimum Gasteiger partial charge on any atom is -0.448 e. The van der Waals surface area contributed by atoms with Crippen LogP contribution in [0.1, 0.15) is 76.2 Å². The molecule has 0 spiro atoms. The predicted octanol–water partition coefficient (Wildman–Crippen LogP) is 5.92. The van der Waals surface area contributed by atoms with Crippen LogP contribution < -0.4 is 5.73 Å². The van der Waals surface area contributed by atoms with Crippen molar-refractivity contribution < 1.29 is 4.42 Å². The molecule has 0 fully saturated rings. The molecule has 0 aliphatic rings. The SMILES string of the molecule is CCCCCCCCCCc1ccc(-c2coc(CCCN)n2)cc1. The molecule has 2 aromatic rings. The van der Waals surface area contributed by atoms with E-state index in [1.54, 1.807) is 6.26 Å². The fourth-order valence-corrected chi connectivity index (χ4v) is 3.12. The molecule has 0 bridgehead atoms. The van der Waals surface area contributed by atoms with Crippen molar-refractivity contribution in [1.29, 1.82) is 0 Å². The summed E-state index contributed by atoms with van der Waals surface area (Å²) in [5.41, 5.74) is 8.99. The van der Waals surface area contributed by atoms with Gasteiger partial charge in [-0.3, -0.25) is 0 Å². The molecular formula is C22H34N2O. The van der Waals surface area contributed by atoms with E-state index in [9.17, 15) is 0 Å². The van der Waals surface area contributed by atoms with Crippen molar-refractivity contribution >= 4 is 0 Å². The van der Waals surface area contributed by atoms with Gasteiger partial charge in [-0.15, -0.1) is 0 Å². The van der Waals surface area contributed by atoms with E-state index in [1.807, 2.05) is 0 Å². The second-order valence-electron chi connectivity index (χ2n) is 6.94. The molecule has 2 rings (SSSR count). The van der Waals surface area contributed by atoms with Gasteiger partial charge in [-0.25, -0.2) is 4.98 Å². The van der Waals surface area contributed by atoms with Gasteiger partial charge in [-0.2, -0.15) is 0 Å². The quantitative estimate of drug-likeness (QED) is 0.460. The van der Waals surface area contributed by atoms with E-state index in [0.29, 0.717) is 6.54 Å². The third kappa shape index (κ3) is 7.43. The first kappa shape index (κ1) is 19.7. The van der Waals surface area contributed by atoms with E-state index in [2.05, 4.69) is 36.2 Å². The van der Waals surface area contributed by atoms with Crippen molar-refractivity contribution in [1.82, 2.24) is 4.98 Å². The number of hydrogen-bond donors (Lipinski definition) is 1. The molecule has 0 saturated carbocycles. The molecule has 2 N–H and O–H groups in total. The van der Waals surface area contributed by atoms with Gasteiger partial charge in [0.25, 0.3) is 0 Å². The Morgan fingerprint density at radius 3 is 2.20 bits per heavy atom. The number of unbranched alkanes of at least 4 members (excludes halogenated alkanes) is 7. The van der Waals surface area contributed by atoms with E-state index in [0.717, 1.165) is 30.0 Å². The van der Waals surface area contributed by atoms with Crippen LogP contribution in [-0.2, 0) is 12.8 Å². The summed E-state index contributed by atoms with van der Waals surface area (Å²) in [5, 5.41) is 0. The number of aromatic nitrogens is 1. The lowest BCUT2D eigenvalue weighted by molar-refractivity contribution is 0.488. The smallest absolute Gasteiger partial charge is 0.194 e. The van der Waals surface area contributed by atoms with Gasteiger partial charge in [0.15, 0.2) is 5.89 Å². The largest absolute Gasteiger partial charge is 0.448 e. The van der Waals surface area contributed by atoms with Gasteiger partial charge in [0.1, 0.15) is 12.0 Å². The maximum absolute atomic E-state index is 5.53. The molecule has 0 radical (unpaired) electrons. The Hall–Kier alpha value is -1.61. The maximum Gasteiger partial charge on any atom is 0.194 e. The van der Waals surface area contributed by atoms with Gasteiger partial charge in [-0.1, -0.05) is 76.1 Å². The molecule has 138 valence electrons. The van der Waals surface area contributed by atoms with Crippen molar-refractivity contribution in [2.75, 3.05) is 6.54 Å². The van der Waals surface area contributed by atoms with Crippen molar-refractivity contribution in [2.45, 2.75) is 77.6 Å². The number of oxazole rings is 1. The molecule has 1 heterocycles. The summed E-state index contributed by atoms with van der Waals surface area (Å²) < 4.78 is 5.51. The number of hydrogen-bond acceptors (Lipinski definition) is 3. The minimum atomic E-state index is 0.672.